The van der Waals surface area contributed by atoms with E-state index in [2.05, 4.69) is 51.2 Å². The normalized spacial score (nSPS) is 11.2. The van der Waals surface area contributed by atoms with Gasteiger partial charge in [0, 0.05) is 0 Å². The van der Waals surface area contributed by atoms with Gasteiger partial charge in [0.25, 0.3) is 0 Å². The number of benzene rings is 1. The van der Waals surface area contributed by atoms with E-state index in [9.17, 15) is 0 Å². The van der Waals surface area contributed by atoms with Gasteiger partial charge in [0.1, 0.15) is 0 Å². The zero-order valence-electron chi connectivity index (χ0n) is 8.39. The Kier molecular flexibility index (Phi) is 3.10. The van der Waals surface area contributed by atoms with Crippen molar-refractivity contribution < 1.29 is 0 Å². The lowest BCUT2D eigenvalue weighted by Crippen LogP contribution is -2.21. The minimum absolute atomic E-state index is 0.254. The Morgan fingerprint density at radius 3 is 1.83 bits per heavy atom. The summed E-state index contributed by atoms with van der Waals surface area (Å²) in [6.45, 7) is 9.13. The van der Waals surface area contributed by atoms with Gasteiger partial charge in [-0.15, -0.1) is 0 Å². The van der Waals surface area contributed by atoms with Gasteiger partial charge in [-0.1, -0.05) is 56.4 Å². The second kappa shape index (κ2) is 3.90. The highest BCUT2D eigenvalue weighted by Crippen LogP contribution is 2.11. The zero-order chi connectivity index (χ0) is 9.14. The molecule has 1 aromatic rings. The smallest absolute Gasteiger partial charge is 0.0671 e. The fraction of sp³-hybridized carbons (Fsp3) is 0.455. The maximum atomic E-state index is 2.33. The van der Waals surface area contributed by atoms with E-state index in [4.69, 9.17) is 0 Å². The van der Waals surface area contributed by atoms with Gasteiger partial charge in [0.2, 0.25) is 0 Å². The van der Waals surface area contributed by atoms with E-state index in [1.165, 1.54) is 10.8 Å². The average Bonchev–Trinajstić information content (AvgIpc) is 2.04. The molecular weight excluding hydrogens is 160 g/mol. The van der Waals surface area contributed by atoms with Crippen LogP contribution >= 0.6 is 0 Å². The first-order chi connectivity index (χ1) is 5.61. The van der Waals surface area contributed by atoms with Crippen molar-refractivity contribution in [2.24, 2.45) is 0 Å². The van der Waals surface area contributed by atoms with Crippen LogP contribution in [0.15, 0.2) is 24.3 Å². The lowest BCUT2D eigenvalue weighted by Gasteiger charge is -2.07. The van der Waals surface area contributed by atoms with Crippen LogP contribution in [0.25, 0.3) is 0 Å². The van der Waals surface area contributed by atoms with Gasteiger partial charge < -0.3 is 0 Å². The minimum Gasteiger partial charge on any atom is -0.0671 e. The maximum Gasteiger partial charge on any atom is 0.0791 e. The molecule has 0 saturated heterocycles. The van der Waals surface area contributed by atoms with Crippen LogP contribution in [0.5, 0.6) is 0 Å². The van der Waals surface area contributed by atoms with Crippen molar-refractivity contribution in [1.82, 2.24) is 0 Å². The Bertz CT molecular complexity index is 207. The van der Waals surface area contributed by atoms with Crippen molar-refractivity contribution in [2.45, 2.75) is 32.9 Å². The molecule has 0 nitrogen and oxygen atoms in total. The molecule has 1 radical (unpaired) electrons. The van der Waals surface area contributed by atoms with E-state index < -0.39 is 0 Å². The molecule has 1 rings (SSSR count). The molecule has 0 aliphatic heterocycles. The van der Waals surface area contributed by atoms with E-state index in [0.29, 0.717) is 5.92 Å². The lowest BCUT2D eigenvalue weighted by atomic mass is 10.0. The first kappa shape index (κ1) is 9.52. The standard InChI is InChI=1S/C11H17Si/c1-9(2)10-5-7-11(8-6-10)12(3)4/h5-9H,1-4H3. The number of rotatable bonds is 2. The molecule has 12 heavy (non-hydrogen) atoms. The second-order valence-corrected chi connectivity index (χ2v) is 6.35. The van der Waals surface area contributed by atoms with Crippen LogP contribution < -0.4 is 5.19 Å². The highest BCUT2D eigenvalue weighted by atomic mass is 28.3. The Labute approximate surface area is 77.2 Å². The van der Waals surface area contributed by atoms with E-state index in [0.717, 1.165) is 0 Å². The molecular formula is C11H17Si. The number of hydrogen-bond acceptors (Lipinski definition) is 0. The van der Waals surface area contributed by atoms with Crippen LogP contribution in [0.1, 0.15) is 25.3 Å². The van der Waals surface area contributed by atoms with Crippen LogP contribution in [0.3, 0.4) is 0 Å². The summed E-state index contributed by atoms with van der Waals surface area (Å²) in [4.78, 5) is 0. The van der Waals surface area contributed by atoms with Crippen molar-refractivity contribution in [2.75, 3.05) is 0 Å². The predicted octanol–water partition coefficient (Wildman–Crippen LogP) is 2.77. The molecule has 1 heteroatoms. The van der Waals surface area contributed by atoms with Gasteiger partial charge in [-0.2, -0.15) is 0 Å². The highest BCUT2D eigenvalue weighted by molar-refractivity contribution is 6.70. The molecule has 0 unspecified atom stereocenters. The third-order valence-corrected chi connectivity index (χ3v) is 3.64. The monoisotopic (exact) mass is 177 g/mol. The van der Waals surface area contributed by atoms with E-state index in [-0.39, 0.29) is 8.80 Å². The first-order valence-electron chi connectivity index (χ1n) is 4.51. The topological polar surface area (TPSA) is 0 Å². The lowest BCUT2D eigenvalue weighted by molar-refractivity contribution is 0.867. The molecule has 0 fully saturated rings. The quantitative estimate of drug-likeness (QED) is 0.609. The van der Waals surface area contributed by atoms with Crippen molar-refractivity contribution in [3.05, 3.63) is 29.8 Å². The third kappa shape index (κ3) is 2.21. The molecule has 65 valence electrons. The molecule has 0 aromatic heterocycles. The van der Waals surface area contributed by atoms with Gasteiger partial charge in [-0.25, -0.2) is 0 Å². The SMILES string of the molecule is CC(C)c1ccc([Si](C)C)cc1. The van der Waals surface area contributed by atoms with Gasteiger partial charge in [0.15, 0.2) is 0 Å². The summed E-state index contributed by atoms with van der Waals surface area (Å²) >= 11 is 0. The summed E-state index contributed by atoms with van der Waals surface area (Å²) in [6.07, 6.45) is 0. The molecule has 1 aromatic carbocycles. The van der Waals surface area contributed by atoms with E-state index >= 15 is 0 Å². The third-order valence-electron chi connectivity index (χ3n) is 2.15. The summed E-state index contributed by atoms with van der Waals surface area (Å²) in [7, 11) is -0.254. The molecule has 0 atom stereocenters. The van der Waals surface area contributed by atoms with Crippen molar-refractivity contribution in [3.8, 4) is 0 Å². The van der Waals surface area contributed by atoms with Crippen LogP contribution in [-0.4, -0.2) is 8.80 Å². The van der Waals surface area contributed by atoms with Crippen LogP contribution in [0.2, 0.25) is 13.1 Å². The molecule has 0 N–H and O–H groups in total. The van der Waals surface area contributed by atoms with Crippen molar-refractivity contribution >= 4 is 14.0 Å². The second-order valence-electron chi connectivity index (χ2n) is 3.78. The number of hydrogen-bond donors (Lipinski definition) is 0. The molecule has 0 heterocycles. The Morgan fingerprint density at radius 2 is 1.50 bits per heavy atom. The summed E-state index contributed by atoms with van der Waals surface area (Å²) < 4.78 is 0. The van der Waals surface area contributed by atoms with E-state index in [1.54, 1.807) is 0 Å². The van der Waals surface area contributed by atoms with Gasteiger partial charge in [0.05, 0.1) is 8.80 Å². The van der Waals surface area contributed by atoms with Crippen LogP contribution in [-0.2, 0) is 0 Å². The molecule has 0 aliphatic carbocycles. The fourth-order valence-electron chi connectivity index (χ4n) is 1.20. The van der Waals surface area contributed by atoms with Gasteiger partial charge in [-0.05, 0) is 11.5 Å². The average molecular weight is 177 g/mol. The first-order valence-corrected chi connectivity index (χ1v) is 7.01. The fourth-order valence-corrected chi connectivity index (χ4v) is 2.03. The van der Waals surface area contributed by atoms with E-state index in [1.807, 2.05) is 0 Å². The molecule has 0 spiro atoms. The predicted molar refractivity (Wildman–Crippen MR) is 57.6 cm³/mol. The molecule has 0 saturated carbocycles. The highest BCUT2D eigenvalue weighted by Gasteiger charge is 2.01. The summed E-state index contributed by atoms with van der Waals surface area (Å²) in [6, 6.07) is 9.09. The summed E-state index contributed by atoms with van der Waals surface area (Å²) in [5.74, 6) is 0.656. The van der Waals surface area contributed by atoms with Crippen LogP contribution in [0.4, 0.5) is 0 Å². The zero-order valence-corrected chi connectivity index (χ0v) is 9.39. The van der Waals surface area contributed by atoms with Crippen molar-refractivity contribution in [3.63, 3.8) is 0 Å². The Balaban J connectivity index is 2.86. The largest absolute Gasteiger partial charge is 0.0791 e. The Morgan fingerprint density at radius 1 is 1.00 bits per heavy atom. The van der Waals surface area contributed by atoms with Gasteiger partial charge in [-0.3, -0.25) is 0 Å². The van der Waals surface area contributed by atoms with Gasteiger partial charge >= 0.3 is 0 Å². The van der Waals surface area contributed by atoms with Crippen LogP contribution in [0, 0.1) is 0 Å². The summed E-state index contributed by atoms with van der Waals surface area (Å²) in [5.41, 5.74) is 1.45. The van der Waals surface area contributed by atoms with Crippen molar-refractivity contribution in [1.29, 1.82) is 0 Å². The summed E-state index contributed by atoms with van der Waals surface area (Å²) in [5, 5.41) is 1.53. The molecule has 0 aliphatic rings. The molecule has 0 bridgehead atoms. The maximum absolute atomic E-state index is 2.33. The Hall–Kier alpha value is -0.563. The minimum atomic E-state index is -0.254. The molecule has 0 amide bonds.